The van der Waals surface area contributed by atoms with Crippen LogP contribution in [0.3, 0.4) is 0 Å². The van der Waals surface area contributed by atoms with Gasteiger partial charge < -0.3 is 10.6 Å². The number of likely N-dealkylation sites (tertiary alicyclic amines) is 1. The molecule has 6 nitrogen and oxygen atoms in total. The molecule has 1 aliphatic rings. The van der Waals surface area contributed by atoms with Gasteiger partial charge in [-0.1, -0.05) is 6.07 Å². The highest BCUT2D eigenvalue weighted by Crippen LogP contribution is 2.27. The quantitative estimate of drug-likeness (QED) is 0.644. The molecular formula is C23H24FN5O. The fourth-order valence-corrected chi connectivity index (χ4v) is 3.63. The zero-order chi connectivity index (χ0) is 20.8. The second kappa shape index (κ2) is 9.45. The largest absolute Gasteiger partial charge is 0.339 e. The average Bonchev–Trinajstić information content (AvgIpc) is 2.77. The Morgan fingerprint density at radius 1 is 1.00 bits per heavy atom. The highest BCUT2D eigenvalue weighted by atomic mass is 19.1. The molecule has 1 amide bonds. The Labute approximate surface area is 175 Å². The zero-order valence-electron chi connectivity index (χ0n) is 16.6. The van der Waals surface area contributed by atoms with Gasteiger partial charge in [0.15, 0.2) is 0 Å². The number of carbonyl (C=O) groups is 1. The Hall–Kier alpha value is -3.32. The summed E-state index contributed by atoms with van der Waals surface area (Å²) in [6.07, 6.45) is 5.51. The van der Waals surface area contributed by atoms with E-state index in [0.717, 1.165) is 43.1 Å². The summed E-state index contributed by atoms with van der Waals surface area (Å²) in [5.41, 5.74) is 2.60. The fourth-order valence-electron chi connectivity index (χ4n) is 3.63. The van der Waals surface area contributed by atoms with E-state index < -0.39 is 0 Å². The number of amides is 1. The van der Waals surface area contributed by atoms with Gasteiger partial charge in [0.1, 0.15) is 11.6 Å². The van der Waals surface area contributed by atoms with Gasteiger partial charge in [-0.05, 0) is 74.5 Å². The molecule has 0 saturated carbocycles. The highest BCUT2D eigenvalue weighted by molar-refractivity contribution is 5.92. The van der Waals surface area contributed by atoms with Crippen molar-refractivity contribution in [1.29, 1.82) is 0 Å². The number of aromatic nitrogens is 2. The van der Waals surface area contributed by atoms with Gasteiger partial charge in [0.2, 0.25) is 5.91 Å². The molecule has 4 rings (SSSR count). The van der Waals surface area contributed by atoms with E-state index in [0.29, 0.717) is 18.2 Å². The van der Waals surface area contributed by atoms with E-state index in [1.165, 1.54) is 12.1 Å². The Balaban J connectivity index is 1.25. The second-order valence-electron chi connectivity index (χ2n) is 7.42. The van der Waals surface area contributed by atoms with Crippen molar-refractivity contribution in [3.8, 4) is 0 Å². The number of hydrogen-bond acceptors (Lipinski definition) is 5. The molecule has 3 heterocycles. The third kappa shape index (κ3) is 5.39. The standard InChI is InChI=1S/C23H24FN5O/c24-18-4-6-19(7-5-18)28-23(30)16-29-13-10-17(11-14-29)21-9-8-20(15-26-21)27-22-3-1-2-12-25-22/h1-9,12,15,17H,10-11,13-14,16H2,(H,25,27)(H,28,30). The van der Waals surface area contributed by atoms with Gasteiger partial charge in [0.05, 0.1) is 18.4 Å². The number of piperidine rings is 1. The summed E-state index contributed by atoms with van der Waals surface area (Å²) in [7, 11) is 0. The molecular weight excluding hydrogens is 381 g/mol. The van der Waals surface area contributed by atoms with E-state index in [4.69, 9.17) is 0 Å². The van der Waals surface area contributed by atoms with E-state index in [1.54, 1.807) is 18.3 Å². The van der Waals surface area contributed by atoms with E-state index >= 15 is 0 Å². The number of anilines is 3. The first kappa shape index (κ1) is 20.0. The molecule has 7 heteroatoms. The van der Waals surface area contributed by atoms with Crippen LogP contribution in [0.15, 0.2) is 67.0 Å². The van der Waals surface area contributed by atoms with Crippen LogP contribution in [-0.4, -0.2) is 40.4 Å². The summed E-state index contributed by atoms with van der Waals surface area (Å²) in [6, 6.07) is 15.6. The van der Waals surface area contributed by atoms with Crippen molar-refractivity contribution in [2.45, 2.75) is 18.8 Å². The van der Waals surface area contributed by atoms with Crippen LogP contribution in [0.4, 0.5) is 21.6 Å². The number of rotatable bonds is 6. The summed E-state index contributed by atoms with van der Waals surface area (Å²) in [4.78, 5) is 23.3. The molecule has 0 atom stereocenters. The van der Waals surface area contributed by atoms with Crippen molar-refractivity contribution < 1.29 is 9.18 Å². The van der Waals surface area contributed by atoms with Gasteiger partial charge in [0, 0.05) is 23.5 Å². The molecule has 3 aromatic rings. The van der Waals surface area contributed by atoms with Crippen LogP contribution in [-0.2, 0) is 4.79 Å². The Morgan fingerprint density at radius 2 is 1.77 bits per heavy atom. The van der Waals surface area contributed by atoms with Crippen LogP contribution in [0, 0.1) is 5.82 Å². The van der Waals surface area contributed by atoms with Gasteiger partial charge in [-0.25, -0.2) is 9.37 Å². The molecule has 0 unspecified atom stereocenters. The molecule has 0 aliphatic carbocycles. The summed E-state index contributed by atoms with van der Waals surface area (Å²) >= 11 is 0. The second-order valence-corrected chi connectivity index (χ2v) is 7.42. The fraction of sp³-hybridized carbons (Fsp3) is 0.261. The molecule has 1 aliphatic heterocycles. The SMILES string of the molecule is O=C(CN1CCC(c2ccc(Nc3ccccn3)cn2)CC1)Nc1ccc(F)cc1. The first-order valence-electron chi connectivity index (χ1n) is 10.1. The van der Waals surface area contributed by atoms with E-state index in [9.17, 15) is 9.18 Å². The van der Waals surface area contributed by atoms with Crippen LogP contribution in [0.25, 0.3) is 0 Å². The molecule has 1 saturated heterocycles. The molecule has 0 radical (unpaired) electrons. The van der Waals surface area contributed by atoms with E-state index in [2.05, 4.69) is 31.6 Å². The number of halogens is 1. The minimum Gasteiger partial charge on any atom is -0.339 e. The highest BCUT2D eigenvalue weighted by Gasteiger charge is 2.23. The molecule has 154 valence electrons. The lowest BCUT2D eigenvalue weighted by atomic mass is 9.93. The molecule has 2 aromatic heterocycles. The summed E-state index contributed by atoms with van der Waals surface area (Å²) in [5, 5.41) is 6.05. The lowest BCUT2D eigenvalue weighted by Gasteiger charge is -2.31. The molecule has 0 spiro atoms. The topological polar surface area (TPSA) is 70.2 Å². The predicted molar refractivity (Wildman–Crippen MR) is 115 cm³/mol. The number of nitrogens with zero attached hydrogens (tertiary/aromatic N) is 3. The molecule has 2 N–H and O–H groups in total. The lowest BCUT2D eigenvalue weighted by molar-refractivity contribution is -0.117. The predicted octanol–water partition coefficient (Wildman–Crippen LogP) is 4.18. The lowest BCUT2D eigenvalue weighted by Crippen LogP contribution is -2.38. The van der Waals surface area contributed by atoms with Crippen LogP contribution < -0.4 is 10.6 Å². The van der Waals surface area contributed by atoms with Crippen molar-refractivity contribution in [3.63, 3.8) is 0 Å². The van der Waals surface area contributed by atoms with Crippen molar-refractivity contribution in [1.82, 2.24) is 14.9 Å². The minimum atomic E-state index is -0.316. The van der Waals surface area contributed by atoms with Gasteiger partial charge in [-0.3, -0.25) is 14.7 Å². The maximum absolute atomic E-state index is 13.0. The van der Waals surface area contributed by atoms with Gasteiger partial charge in [-0.2, -0.15) is 0 Å². The van der Waals surface area contributed by atoms with Gasteiger partial charge in [-0.15, -0.1) is 0 Å². The van der Waals surface area contributed by atoms with Crippen LogP contribution >= 0.6 is 0 Å². The van der Waals surface area contributed by atoms with E-state index in [-0.39, 0.29) is 11.7 Å². The zero-order valence-corrected chi connectivity index (χ0v) is 16.6. The third-order valence-electron chi connectivity index (χ3n) is 5.22. The summed E-state index contributed by atoms with van der Waals surface area (Å²) in [5.74, 6) is 0.789. The number of pyridine rings is 2. The molecule has 30 heavy (non-hydrogen) atoms. The van der Waals surface area contributed by atoms with Crippen molar-refractivity contribution >= 4 is 23.1 Å². The minimum absolute atomic E-state index is 0.0804. The maximum atomic E-state index is 13.0. The van der Waals surface area contributed by atoms with Crippen molar-refractivity contribution in [2.24, 2.45) is 0 Å². The molecule has 1 fully saturated rings. The number of benzene rings is 1. The third-order valence-corrected chi connectivity index (χ3v) is 5.22. The number of hydrogen-bond donors (Lipinski definition) is 2. The summed E-state index contributed by atoms with van der Waals surface area (Å²) in [6.45, 7) is 2.03. The Morgan fingerprint density at radius 3 is 2.43 bits per heavy atom. The van der Waals surface area contributed by atoms with Crippen LogP contribution in [0.2, 0.25) is 0 Å². The first-order valence-corrected chi connectivity index (χ1v) is 10.1. The van der Waals surface area contributed by atoms with Crippen molar-refractivity contribution in [3.05, 3.63) is 78.5 Å². The molecule has 1 aromatic carbocycles. The van der Waals surface area contributed by atoms with Crippen molar-refractivity contribution in [2.75, 3.05) is 30.3 Å². The number of nitrogens with one attached hydrogen (secondary N) is 2. The Bertz CT molecular complexity index is 955. The summed E-state index contributed by atoms with van der Waals surface area (Å²) < 4.78 is 13.0. The molecule has 0 bridgehead atoms. The first-order chi connectivity index (χ1) is 14.7. The number of carbonyl (C=O) groups excluding carboxylic acids is 1. The van der Waals surface area contributed by atoms with Gasteiger partial charge in [0.25, 0.3) is 0 Å². The van der Waals surface area contributed by atoms with Crippen LogP contribution in [0.5, 0.6) is 0 Å². The van der Waals surface area contributed by atoms with E-state index in [1.807, 2.05) is 30.5 Å². The Kier molecular flexibility index (Phi) is 6.29. The van der Waals surface area contributed by atoms with Gasteiger partial charge >= 0.3 is 0 Å². The van der Waals surface area contributed by atoms with Crippen LogP contribution in [0.1, 0.15) is 24.5 Å². The smallest absolute Gasteiger partial charge is 0.238 e. The average molecular weight is 405 g/mol. The monoisotopic (exact) mass is 405 g/mol. The normalized spacial score (nSPS) is 15.0. The maximum Gasteiger partial charge on any atom is 0.238 e.